The zero-order valence-corrected chi connectivity index (χ0v) is 19.6. The molecule has 1 aromatic carbocycles. The smallest absolute Gasteiger partial charge is 0.323 e. The monoisotopic (exact) mass is 451 g/mol. The average molecular weight is 452 g/mol. The SMILES string of the molecule is CCC(C)(C)C1CCC2(CC1)NC(=O)N(CC(=O)Nc1ccnn1Cc1ccccc1)C2=O. The number of imide groups is 1. The molecular weight excluding hydrogens is 418 g/mol. The van der Waals surface area contributed by atoms with E-state index in [-0.39, 0.29) is 17.9 Å². The zero-order valence-electron chi connectivity index (χ0n) is 19.6. The van der Waals surface area contributed by atoms with Gasteiger partial charge in [-0.15, -0.1) is 0 Å². The van der Waals surface area contributed by atoms with Gasteiger partial charge in [0.2, 0.25) is 5.91 Å². The quantitative estimate of drug-likeness (QED) is 0.626. The number of nitrogens with one attached hydrogen (secondary N) is 2. The van der Waals surface area contributed by atoms with Crippen LogP contribution >= 0.6 is 0 Å². The molecule has 2 fully saturated rings. The van der Waals surface area contributed by atoms with Crippen molar-refractivity contribution in [1.29, 1.82) is 0 Å². The van der Waals surface area contributed by atoms with E-state index in [0.717, 1.165) is 29.7 Å². The number of nitrogens with zero attached hydrogens (tertiary/aromatic N) is 3. The molecule has 0 bridgehead atoms. The van der Waals surface area contributed by atoms with Crippen molar-refractivity contribution in [3.8, 4) is 0 Å². The van der Waals surface area contributed by atoms with Crippen LogP contribution in [0.1, 0.15) is 58.4 Å². The fourth-order valence-electron chi connectivity index (χ4n) is 4.99. The van der Waals surface area contributed by atoms with Gasteiger partial charge in [-0.25, -0.2) is 9.48 Å². The molecular formula is C25H33N5O3. The molecule has 1 aliphatic carbocycles. The van der Waals surface area contributed by atoms with E-state index < -0.39 is 17.5 Å². The van der Waals surface area contributed by atoms with Crippen LogP contribution in [0.15, 0.2) is 42.6 Å². The summed E-state index contributed by atoms with van der Waals surface area (Å²) in [6.45, 7) is 6.92. The van der Waals surface area contributed by atoms with Gasteiger partial charge in [-0.1, -0.05) is 57.5 Å². The number of rotatable bonds is 7. The standard InChI is InChI=1S/C25H33N5O3/c1-4-24(2,3)19-10-13-25(14-11-19)22(32)29(23(33)28-25)17-21(31)27-20-12-15-26-30(20)16-18-8-6-5-7-9-18/h5-9,12,15,19H,4,10-11,13-14,16-17H2,1-3H3,(H,27,31)(H,28,33). The number of hydrogen-bond acceptors (Lipinski definition) is 4. The highest BCUT2D eigenvalue weighted by Gasteiger charge is 2.53. The number of hydrogen-bond donors (Lipinski definition) is 2. The molecule has 2 aromatic rings. The Morgan fingerprint density at radius 1 is 1.18 bits per heavy atom. The van der Waals surface area contributed by atoms with Crippen LogP contribution in [-0.4, -0.2) is 44.6 Å². The lowest BCUT2D eigenvalue weighted by Gasteiger charge is -2.42. The lowest BCUT2D eigenvalue weighted by molar-refractivity contribution is -0.135. The second-order valence-corrected chi connectivity index (χ2v) is 9.93. The first-order valence-electron chi connectivity index (χ1n) is 11.7. The van der Waals surface area contributed by atoms with Crippen molar-refractivity contribution < 1.29 is 14.4 Å². The first kappa shape index (κ1) is 23.0. The van der Waals surface area contributed by atoms with E-state index in [1.807, 2.05) is 30.3 Å². The Labute approximate surface area is 194 Å². The van der Waals surface area contributed by atoms with Crippen LogP contribution < -0.4 is 10.6 Å². The molecule has 8 nitrogen and oxygen atoms in total. The van der Waals surface area contributed by atoms with Crippen molar-refractivity contribution in [2.45, 2.75) is 65.0 Å². The molecule has 1 aliphatic heterocycles. The lowest BCUT2D eigenvalue weighted by atomic mass is 9.65. The fourth-order valence-corrected chi connectivity index (χ4v) is 4.99. The number of urea groups is 1. The van der Waals surface area contributed by atoms with Gasteiger partial charge in [-0.3, -0.25) is 14.5 Å². The zero-order chi connectivity index (χ0) is 23.6. The first-order valence-corrected chi connectivity index (χ1v) is 11.7. The third kappa shape index (κ3) is 4.65. The summed E-state index contributed by atoms with van der Waals surface area (Å²) in [6.07, 6.45) is 5.72. The van der Waals surface area contributed by atoms with Crippen molar-refractivity contribution >= 4 is 23.7 Å². The van der Waals surface area contributed by atoms with E-state index in [4.69, 9.17) is 0 Å². The van der Waals surface area contributed by atoms with Gasteiger partial charge in [0.15, 0.2) is 0 Å². The maximum absolute atomic E-state index is 13.2. The minimum Gasteiger partial charge on any atom is -0.323 e. The molecule has 4 rings (SSSR count). The summed E-state index contributed by atoms with van der Waals surface area (Å²) in [6, 6.07) is 11.0. The third-order valence-corrected chi connectivity index (χ3v) is 7.56. The van der Waals surface area contributed by atoms with E-state index in [2.05, 4.69) is 36.5 Å². The summed E-state index contributed by atoms with van der Waals surface area (Å²) in [7, 11) is 0. The molecule has 1 aromatic heterocycles. The fraction of sp³-hybridized carbons (Fsp3) is 0.520. The molecule has 1 saturated heterocycles. The van der Waals surface area contributed by atoms with Crippen molar-refractivity contribution in [2.75, 3.05) is 11.9 Å². The molecule has 2 N–H and O–H groups in total. The molecule has 33 heavy (non-hydrogen) atoms. The van der Waals surface area contributed by atoms with Crippen molar-refractivity contribution in [1.82, 2.24) is 20.0 Å². The minimum atomic E-state index is -0.868. The van der Waals surface area contributed by atoms with E-state index in [9.17, 15) is 14.4 Å². The van der Waals surface area contributed by atoms with E-state index in [0.29, 0.717) is 31.1 Å². The van der Waals surface area contributed by atoms with Gasteiger partial charge < -0.3 is 10.6 Å². The van der Waals surface area contributed by atoms with E-state index >= 15 is 0 Å². The summed E-state index contributed by atoms with van der Waals surface area (Å²) in [4.78, 5) is 39.6. The summed E-state index contributed by atoms with van der Waals surface area (Å²) in [5.74, 6) is 0.340. The maximum atomic E-state index is 13.2. The summed E-state index contributed by atoms with van der Waals surface area (Å²) < 4.78 is 1.68. The van der Waals surface area contributed by atoms with Gasteiger partial charge in [0.1, 0.15) is 17.9 Å². The maximum Gasteiger partial charge on any atom is 0.325 e. The minimum absolute atomic E-state index is 0.218. The van der Waals surface area contributed by atoms with Crippen LogP contribution in [0.4, 0.5) is 10.6 Å². The second-order valence-electron chi connectivity index (χ2n) is 9.93. The Hall–Kier alpha value is -3.16. The Morgan fingerprint density at radius 2 is 1.88 bits per heavy atom. The van der Waals surface area contributed by atoms with Gasteiger partial charge in [-0.2, -0.15) is 5.10 Å². The van der Waals surface area contributed by atoms with Crippen molar-refractivity contribution in [3.05, 3.63) is 48.2 Å². The third-order valence-electron chi connectivity index (χ3n) is 7.56. The normalized spacial score (nSPS) is 23.1. The van der Waals surface area contributed by atoms with Gasteiger partial charge in [0.25, 0.3) is 5.91 Å². The molecule has 2 heterocycles. The first-order chi connectivity index (χ1) is 15.7. The van der Waals surface area contributed by atoms with Gasteiger partial charge in [0, 0.05) is 6.07 Å². The highest BCUT2D eigenvalue weighted by atomic mass is 16.2. The highest BCUT2D eigenvalue weighted by Crippen LogP contribution is 2.45. The average Bonchev–Trinajstić information content (AvgIpc) is 3.32. The predicted octanol–water partition coefficient (Wildman–Crippen LogP) is 3.79. The van der Waals surface area contributed by atoms with E-state index in [1.165, 1.54) is 0 Å². The Balaban J connectivity index is 1.37. The van der Waals surface area contributed by atoms with Crippen LogP contribution in [0.2, 0.25) is 0 Å². The molecule has 8 heteroatoms. The van der Waals surface area contributed by atoms with Crippen LogP contribution in [0.3, 0.4) is 0 Å². The summed E-state index contributed by atoms with van der Waals surface area (Å²) >= 11 is 0. The van der Waals surface area contributed by atoms with E-state index in [1.54, 1.807) is 16.9 Å². The Bertz CT molecular complexity index is 1020. The van der Waals surface area contributed by atoms with Crippen LogP contribution in [0.25, 0.3) is 0 Å². The van der Waals surface area contributed by atoms with Crippen LogP contribution in [0.5, 0.6) is 0 Å². The molecule has 4 amide bonds. The largest absolute Gasteiger partial charge is 0.325 e. The van der Waals surface area contributed by atoms with Crippen LogP contribution in [-0.2, 0) is 16.1 Å². The van der Waals surface area contributed by atoms with Crippen molar-refractivity contribution in [3.63, 3.8) is 0 Å². The number of aromatic nitrogens is 2. The number of amides is 4. The number of anilines is 1. The molecule has 1 spiro atoms. The second kappa shape index (κ2) is 9.00. The van der Waals surface area contributed by atoms with Crippen LogP contribution in [0, 0.1) is 11.3 Å². The predicted molar refractivity (Wildman–Crippen MR) is 125 cm³/mol. The molecule has 0 radical (unpaired) electrons. The molecule has 1 saturated carbocycles. The molecule has 176 valence electrons. The van der Waals surface area contributed by atoms with Gasteiger partial charge >= 0.3 is 6.03 Å². The molecule has 2 aliphatic rings. The highest BCUT2D eigenvalue weighted by molar-refractivity contribution is 6.10. The Morgan fingerprint density at radius 3 is 2.55 bits per heavy atom. The topological polar surface area (TPSA) is 96.3 Å². The summed E-state index contributed by atoms with van der Waals surface area (Å²) in [5.41, 5.74) is 0.400. The number of benzene rings is 1. The molecule has 0 atom stereocenters. The molecule has 0 unspecified atom stereocenters. The Kier molecular flexibility index (Phi) is 6.28. The number of carbonyl (C=O) groups excluding carboxylic acids is 3. The number of carbonyl (C=O) groups is 3. The van der Waals surface area contributed by atoms with Gasteiger partial charge in [-0.05, 0) is 42.6 Å². The van der Waals surface area contributed by atoms with Gasteiger partial charge in [0.05, 0.1) is 12.7 Å². The lowest BCUT2D eigenvalue weighted by Crippen LogP contribution is -2.51. The summed E-state index contributed by atoms with van der Waals surface area (Å²) in [5, 5.41) is 9.97. The van der Waals surface area contributed by atoms with Crippen molar-refractivity contribution in [2.24, 2.45) is 11.3 Å².